The van der Waals surface area contributed by atoms with Crippen molar-refractivity contribution in [3.05, 3.63) is 110 Å². The van der Waals surface area contributed by atoms with Crippen molar-refractivity contribution < 1.29 is 9.53 Å². The summed E-state index contributed by atoms with van der Waals surface area (Å²) in [6.07, 6.45) is 1.55. The van der Waals surface area contributed by atoms with Crippen molar-refractivity contribution >= 4 is 57.0 Å². The molecule has 0 bridgehead atoms. The van der Waals surface area contributed by atoms with Gasteiger partial charge in [0.05, 0.1) is 17.4 Å². The van der Waals surface area contributed by atoms with Crippen LogP contribution in [-0.4, -0.2) is 27.8 Å². The van der Waals surface area contributed by atoms with Gasteiger partial charge in [0.1, 0.15) is 17.2 Å². The number of aromatic nitrogens is 2. The van der Waals surface area contributed by atoms with Gasteiger partial charge in [0.2, 0.25) is 0 Å². The molecule has 0 unspecified atom stereocenters. The standard InChI is InChI=1S/C31H27ClN4O3S2/c1-19(2)21-9-11-22(12-10-21)25-17-40-30-28(25)29(38)34-31(35-30)41-18-27(37)36-33-15-20-7-13-24(14-8-20)39-16-23-5-3-4-6-26(23)32/h3-15,17,19H,16,18H2,1-2H3,(H,36,37)(H,34,35,38)/b33-15+. The predicted octanol–water partition coefficient (Wildman–Crippen LogP) is 7.25. The van der Waals surface area contributed by atoms with Crippen LogP contribution in [0.15, 0.2) is 93.2 Å². The number of carbonyl (C=O) groups excluding carboxylic acids is 1. The number of halogens is 1. The molecule has 0 fully saturated rings. The molecule has 0 spiro atoms. The summed E-state index contributed by atoms with van der Waals surface area (Å²) >= 11 is 8.73. The molecule has 0 aliphatic heterocycles. The Bertz CT molecular complexity index is 1750. The van der Waals surface area contributed by atoms with Crippen molar-refractivity contribution in [2.75, 3.05) is 5.75 Å². The first kappa shape index (κ1) is 28.6. The first-order valence-electron chi connectivity index (χ1n) is 12.9. The molecule has 208 valence electrons. The second-order valence-electron chi connectivity index (χ2n) is 9.51. The third kappa shape index (κ3) is 7.24. The molecule has 41 heavy (non-hydrogen) atoms. The smallest absolute Gasteiger partial charge is 0.260 e. The Morgan fingerprint density at radius 3 is 2.61 bits per heavy atom. The van der Waals surface area contributed by atoms with Gasteiger partial charge in [-0.3, -0.25) is 9.59 Å². The van der Waals surface area contributed by atoms with Gasteiger partial charge in [0.15, 0.2) is 5.16 Å². The van der Waals surface area contributed by atoms with Gasteiger partial charge < -0.3 is 9.72 Å². The Kier molecular flexibility index (Phi) is 9.18. The topological polar surface area (TPSA) is 96.4 Å². The Morgan fingerprint density at radius 2 is 1.88 bits per heavy atom. The van der Waals surface area contributed by atoms with Crippen LogP contribution in [0.1, 0.15) is 36.5 Å². The Balaban J connectivity index is 1.13. The highest BCUT2D eigenvalue weighted by molar-refractivity contribution is 7.99. The zero-order chi connectivity index (χ0) is 28.8. The van der Waals surface area contributed by atoms with Gasteiger partial charge in [-0.25, -0.2) is 10.4 Å². The fourth-order valence-corrected chi connectivity index (χ4v) is 5.88. The molecule has 0 saturated carbocycles. The number of fused-ring (bicyclic) bond motifs is 1. The van der Waals surface area contributed by atoms with Crippen LogP contribution in [0.2, 0.25) is 5.02 Å². The van der Waals surface area contributed by atoms with Crippen LogP contribution in [-0.2, 0) is 11.4 Å². The van der Waals surface area contributed by atoms with Crippen LogP contribution in [0.5, 0.6) is 5.75 Å². The number of hydrogen-bond donors (Lipinski definition) is 2. The molecule has 0 aliphatic rings. The van der Waals surface area contributed by atoms with Gasteiger partial charge in [-0.2, -0.15) is 5.10 Å². The monoisotopic (exact) mass is 602 g/mol. The molecule has 0 radical (unpaired) electrons. The number of H-pyrrole nitrogens is 1. The first-order valence-corrected chi connectivity index (χ1v) is 15.1. The SMILES string of the molecule is CC(C)c1ccc(-c2csc3nc(SCC(=O)N/N=C/c4ccc(OCc5ccccc5Cl)cc4)[nH]c(=O)c23)cc1. The van der Waals surface area contributed by atoms with E-state index < -0.39 is 0 Å². The van der Waals surface area contributed by atoms with Gasteiger partial charge in [-0.1, -0.05) is 79.7 Å². The van der Waals surface area contributed by atoms with E-state index in [0.29, 0.717) is 38.7 Å². The summed E-state index contributed by atoms with van der Waals surface area (Å²) in [6, 6.07) is 23.1. The molecule has 5 rings (SSSR count). The van der Waals surface area contributed by atoms with E-state index in [9.17, 15) is 9.59 Å². The van der Waals surface area contributed by atoms with Crippen LogP contribution in [0.3, 0.4) is 0 Å². The molecule has 5 aromatic rings. The highest BCUT2D eigenvalue weighted by atomic mass is 35.5. The average Bonchev–Trinajstić information content (AvgIpc) is 3.41. The maximum absolute atomic E-state index is 12.9. The maximum Gasteiger partial charge on any atom is 0.260 e. The molecular formula is C31H27ClN4O3S2. The van der Waals surface area contributed by atoms with E-state index >= 15 is 0 Å². The van der Waals surface area contributed by atoms with E-state index in [1.165, 1.54) is 16.9 Å². The second-order valence-corrected chi connectivity index (χ2v) is 11.7. The highest BCUT2D eigenvalue weighted by Crippen LogP contribution is 2.32. The van der Waals surface area contributed by atoms with E-state index in [1.54, 1.807) is 6.21 Å². The molecule has 10 heteroatoms. The third-order valence-electron chi connectivity index (χ3n) is 6.29. The normalized spacial score (nSPS) is 11.4. The molecule has 1 amide bonds. The number of carbonyl (C=O) groups is 1. The predicted molar refractivity (Wildman–Crippen MR) is 168 cm³/mol. The average molecular weight is 603 g/mol. The fraction of sp³-hybridized carbons (Fsp3) is 0.161. The number of ether oxygens (including phenoxy) is 1. The summed E-state index contributed by atoms with van der Waals surface area (Å²) < 4.78 is 5.78. The number of benzene rings is 3. The van der Waals surface area contributed by atoms with Crippen molar-refractivity contribution in [2.45, 2.75) is 31.5 Å². The Hall–Kier alpha value is -3.92. The Labute approximate surface area is 250 Å². The number of rotatable bonds is 10. The number of nitrogens with zero attached hydrogens (tertiary/aromatic N) is 2. The number of amides is 1. The fourth-order valence-electron chi connectivity index (χ4n) is 4.03. The largest absolute Gasteiger partial charge is 0.489 e. The summed E-state index contributed by atoms with van der Waals surface area (Å²) in [4.78, 5) is 33.2. The maximum atomic E-state index is 12.9. The lowest BCUT2D eigenvalue weighted by molar-refractivity contribution is -0.118. The number of nitrogens with one attached hydrogen (secondary N) is 2. The molecule has 7 nitrogen and oxygen atoms in total. The summed E-state index contributed by atoms with van der Waals surface area (Å²) in [5.41, 5.74) is 7.07. The van der Waals surface area contributed by atoms with Crippen LogP contribution in [0.25, 0.3) is 21.3 Å². The molecule has 2 aromatic heterocycles. The summed E-state index contributed by atoms with van der Waals surface area (Å²) in [6.45, 7) is 4.67. The first-order chi connectivity index (χ1) is 19.9. The van der Waals surface area contributed by atoms with E-state index in [4.69, 9.17) is 16.3 Å². The molecule has 2 N–H and O–H groups in total. The Morgan fingerprint density at radius 1 is 1.12 bits per heavy atom. The molecule has 0 aliphatic carbocycles. The lowest BCUT2D eigenvalue weighted by Gasteiger charge is -2.07. The van der Waals surface area contributed by atoms with Crippen LogP contribution >= 0.6 is 34.7 Å². The molecule has 0 atom stereocenters. The molecule has 3 aromatic carbocycles. The number of hydrogen-bond acceptors (Lipinski definition) is 7. The van der Waals surface area contributed by atoms with Crippen molar-refractivity contribution in [3.8, 4) is 16.9 Å². The second kappa shape index (κ2) is 13.2. The van der Waals surface area contributed by atoms with E-state index in [0.717, 1.165) is 34.0 Å². The zero-order valence-corrected chi connectivity index (χ0v) is 24.8. The lowest BCUT2D eigenvalue weighted by atomic mass is 9.99. The van der Waals surface area contributed by atoms with Crippen molar-refractivity contribution in [2.24, 2.45) is 5.10 Å². The van der Waals surface area contributed by atoms with Crippen molar-refractivity contribution in [3.63, 3.8) is 0 Å². The van der Waals surface area contributed by atoms with Crippen LogP contribution in [0.4, 0.5) is 0 Å². The van der Waals surface area contributed by atoms with E-state index in [2.05, 4.69) is 46.5 Å². The minimum atomic E-state index is -0.314. The number of thioether (sulfide) groups is 1. The summed E-state index contributed by atoms with van der Waals surface area (Å²) in [7, 11) is 0. The zero-order valence-electron chi connectivity index (χ0n) is 22.4. The number of thiophene rings is 1. The molecule has 0 saturated heterocycles. The quantitative estimate of drug-likeness (QED) is 0.0759. The van der Waals surface area contributed by atoms with Crippen molar-refractivity contribution in [1.82, 2.24) is 15.4 Å². The summed E-state index contributed by atoms with van der Waals surface area (Å²) in [5.74, 6) is 0.873. The van der Waals surface area contributed by atoms with Crippen molar-refractivity contribution in [1.29, 1.82) is 0 Å². The van der Waals surface area contributed by atoms with E-state index in [1.807, 2.05) is 66.0 Å². The van der Waals surface area contributed by atoms with Gasteiger partial charge in [0.25, 0.3) is 11.5 Å². The van der Waals surface area contributed by atoms with Crippen LogP contribution < -0.4 is 15.7 Å². The minimum absolute atomic E-state index is 0.0511. The number of aromatic amines is 1. The molecular weight excluding hydrogens is 576 g/mol. The number of hydrazone groups is 1. The van der Waals surface area contributed by atoms with Gasteiger partial charge >= 0.3 is 0 Å². The summed E-state index contributed by atoms with van der Waals surface area (Å²) in [5, 5.41) is 7.58. The highest BCUT2D eigenvalue weighted by Gasteiger charge is 2.14. The van der Waals surface area contributed by atoms with Gasteiger partial charge in [-0.05, 0) is 52.9 Å². The van der Waals surface area contributed by atoms with Gasteiger partial charge in [-0.15, -0.1) is 11.3 Å². The minimum Gasteiger partial charge on any atom is -0.489 e. The third-order valence-corrected chi connectivity index (χ3v) is 8.40. The van der Waals surface area contributed by atoms with Gasteiger partial charge in [0, 0.05) is 21.5 Å². The van der Waals surface area contributed by atoms with Crippen LogP contribution in [0, 0.1) is 0 Å². The van der Waals surface area contributed by atoms with E-state index in [-0.39, 0.29) is 17.2 Å². The molecule has 2 heterocycles. The lowest BCUT2D eigenvalue weighted by Crippen LogP contribution is -2.20.